The van der Waals surface area contributed by atoms with E-state index in [1.54, 1.807) is 0 Å². The molecule has 0 radical (unpaired) electrons. The van der Waals surface area contributed by atoms with Crippen LogP contribution in [0.5, 0.6) is 0 Å². The third-order valence-corrected chi connectivity index (χ3v) is 8.58. The molecule has 3 heteroatoms. The smallest absolute Gasteiger partial charge is 0.319 e. The van der Waals surface area contributed by atoms with E-state index in [2.05, 4.69) is 6.92 Å². The van der Waals surface area contributed by atoms with Gasteiger partial charge in [0, 0.05) is 6.42 Å². The van der Waals surface area contributed by atoms with Gasteiger partial charge in [0.25, 0.3) is 0 Å². The third-order valence-electron chi connectivity index (χ3n) is 8.58. The molecular weight excluding hydrogens is 348 g/mol. The molecule has 0 N–H and O–H groups in total. The van der Waals surface area contributed by atoms with Crippen LogP contribution in [0, 0.1) is 35.0 Å². The Labute approximate surface area is 172 Å². The summed E-state index contributed by atoms with van der Waals surface area (Å²) in [4.78, 5) is 25.2. The number of hydrogen-bond donors (Lipinski definition) is 0. The van der Waals surface area contributed by atoms with Crippen LogP contribution in [-0.2, 0) is 14.3 Å². The standard InChI is InChI=1S/C25H42O3/c1-4-16-28-24(27)25(3)15-14-22(17-23(25)26)21-12-10-20(11-13-21)19-8-6-18(5-2)7-9-19/h18-22H,4-17H2,1-3H3/t18?,19?,20?,21?,22?,25-/m0/s1. The summed E-state index contributed by atoms with van der Waals surface area (Å²) in [6.07, 6.45) is 15.6. The minimum Gasteiger partial charge on any atom is -0.465 e. The van der Waals surface area contributed by atoms with E-state index >= 15 is 0 Å². The maximum absolute atomic E-state index is 12.8. The molecule has 2 atom stereocenters. The van der Waals surface area contributed by atoms with E-state index in [4.69, 9.17) is 4.74 Å². The molecule has 3 rings (SSSR count). The van der Waals surface area contributed by atoms with Gasteiger partial charge in [-0.3, -0.25) is 9.59 Å². The quantitative estimate of drug-likeness (QED) is 0.393. The summed E-state index contributed by atoms with van der Waals surface area (Å²) < 4.78 is 5.32. The fraction of sp³-hybridized carbons (Fsp3) is 0.920. The number of Topliss-reactive ketones (excluding diaryl/α,β-unsaturated/α-hetero) is 1. The van der Waals surface area contributed by atoms with Crippen molar-refractivity contribution in [3.63, 3.8) is 0 Å². The average Bonchev–Trinajstić information content (AvgIpc) is 2.74. The lowest BCUT2D eigenvalue weighted by atomic mass is 9.62. The predicted molar refractivity (Wildman–Crippen MR) is 113 cm³/mol. The zero-order chi connectivity index (χ0) is 20.1. The van der Waals surface area contributed by atoms with Crippen molar-refractivity contribution in [3.05, 3.63) is 0 Å². The van der Waals surface area contributed by atoms with Gasteiger partial charge in [-0.2, -0.15) is 0 Å². The van der Waals surface area contributed by atoms with Crippen molar-refractivity contribution in [1.82, 2.24) is 0 Å². The van der Waals surface area contributed by atoms with Crippen molar-refractivity contribution in [1.29, 1.82) is 0 Å². The van der Waals surface area contributed by atoms with E-state index in [1.165, 1.54) is 57.8 Å². The first-order valence-electron chi connectivity index (χ1n) is 12.2. The molecule has 0 aromatic carbocycles. The summed E-state index contributed by atoms with van der Waals surface area (Å²) in [5, 5.41) is 0. The zero-order valence-electron chi connectivity index (χ0n) is 18.5. The largest absolute Gasteiger partial charge is 0.465 e. The van der Waals surface area contributed by atoms with Gasteiger partial charge in [0.1, 0.15) is 11.2 Å². The first-order valence-corrected chi connectivity index (χ1v) is 12.2. The van der Waals surface area contributed by atoms with Crippen LogP contribution in [0.25, 0.3) is 0 Å². The summed E-state index contributed by atoms with van der Waals surface area (Å²) in [6, 6.07) is 0. The van der Waals surface area contributed by atoms with Crippen molar-refractivity contribution >= 4 is 11.8 Å². The fourth-order valence-electron chi connectivity index (χ4n) is 6.31. The molecular formula is C25H42O3. The minimum atomic E-state index is -0.888. The van der Waals surface area contributed by atoms with E-state index in [0.717, 1.165) is 30.6 Å². The molecule has 0 saturated heterocycles. The SMILES string of the molecule is CCCOC(=O)[C@@]1(C)CCC(C2CCC(C3CCC(CC)CC3)CC2)CC1=O. The molecule has 3 fully saturated rings. The van der Waals surface area contributed by atoms with Gasteiger partial charge in [0.15, 0.2) is 0 Å². The van der Waals surface area contributed by atoms with Crippen molar-refractivity contribution in [2.45, 2.75) is 104 Å². The maximum Gasteiger partial charge on any atom is 0.319 e. The molecule has 0 aromatic rings. The van der Waals surface area contributed by atoms with Gasteiger partial charge in [0.05, 0.1) is 6.61 Å². The summed E-state index contributed by atoms with van der Waals surface area (Å²) in [5.74, 6) is 3.92. The zero-order valence-corrected chi connectivity index (χ0v) is 18.5. The Kier molecular flexibility index (Phi) is 7.61. The molecule has 0 aromatic heterocycles. The van der Waals surface area contributed by atoms with Crippen LogP contribution in [0.4, 0.5) is 0 Å². The Morgan fingerprint density at radius 1 is 0.893 bits per heavy atom. The first-order chi connectivity index (χ1) is 13.5. The number of rotatable bonds is 6. The van der Waals surface area contributed by atoms with Crippen LogP contribution in [0.1, 0.15) is 104 Å². The van der Waals surface area contributed by atoms with Gasteiger partial charge in [-0.25, -0.2) is 0 Å². The third kappa shape index (κ3) is 4.82. The monoisotopic (exact) mass is 390 g/mol. The topological polar surface area (TPSA) is 43.4 Å². The number of carbonyl (C=O) groups is 2. The van der Waals surface area contributed by atoms with Crippen LogP contribution in [0.15, 0.2) is 0 Å². The van der Waals surface area contributed by atoms with Crippen LogP contribution in [0.3, 0.4) is 0 Å². The van der Waals surface area contributed by atoms with Gasteiger partial charge in [-0.05, 0) is 94.3 Å². The van der Waals surface area contributed by atoms with Crippen LogP contribution in [0.2, 0.25) is 0 Å². The van der Waals surface area contributed by atoms with Crippen molar-refractivity contribution < 1.29 is 14.3 Å². The first kappa shape index (κ1) is 21.8. The fourth-order valence-corrected chi connectivity index (χ4v) is 6.31. The molecule has 0 bridgehead atoms. The second-order valence-electron chi connectivity index (χ2n) is 10.3. The Bertz CT molecular complexity index is 526. The predicted octanol–water partition coefficient (Wildman–Crippen LogP) is 6.34. The molecule has 160 valence electrons. The number of esters is 1. The number of ether oxygens (including phenoxy) is 1. The highest BCUT2D eigenvalue weighted by Gasteiger charge is 2.47. The minimum absolute atomic E-state index is 0.130. The lowest BCUT2D eigenvalue weighted by molar-refractivity contribution is -0.162. The molecule has 1 unspecified atom stereocenters. The molecule has 0 spiro atoms. The second kappa shape index (κ2) is 9.76. The Morgan fingerprint density at radius 2 is 1.43 bits per heavy atom. The van der Waals surface area contributed by atoms with Gasteiger partial charge in [0.2, 0.25) is 0 Å². The normalized spacial score (nSPS) is 39.5. The van der Waals surface area contributed by atoms with E-state index in [9.17, 15) is 9.59 Å². The average molecular weight is 391 g/mol. The molecule has 0 aliphatic heterocycles. The molecule has 3 aliphatic rings. The molecule has 3 nitrogen and oxygen atoms in total. The van der Waals surface area contributed by atoms with Crippen LogP contribution in [-0.4, -0.2) is 18.4 Å². The van der Waals surface area contributed by atoms with E-state index in [0.29, 0.717) is 31.3 Å². The Balaban J connectivity index is 1.46. The number of carbonyl (C=O) groups excluding carboxylic acids is 2. The molecule has 3 saturated carbocycles. The summed E-state index contributed by atoms with van der Waals surface area (Å²) in [7, 11) is 0. The second-order valence-corrected chi connectivity index (χ2v) is 10.3. The molecule has 0 heterocycles. The highest BCUT2D eigenvalue weighted by atomic mass is 16.5. The number of hydrogen-bond acceptors (Lipinski definition) is 3. The van der Waals surface area contributed by atoms with E-state index in [-0.39, 0.29) is 11.8 Å². The van der Waals surface area contributed by atoms with Crippen molar-refractivity contribution in [2.75, 3.05) is 6.61 Å². The number of ketones is 1. The Hall–Kier alpha value is -0.860. The van der Waals surface area contributed by atoms with Gasteiger partial charge < -0.3 is 4.74 Å². The molecule has 3 aliphatic carbocycles. The lowest BCUT2D eigenvalue weighted by Crippen LogP contribution is -2.44. The maximum atomic E-state index is 12.8. The van der Waals surface area contributed by atoms with Crippen LogP contribution < -0.4 is 0 Å². The Morgan fingerprint density at radius 3 is 1.93 bits per heavy atom. The van der Waals surface area contributed by atoms with Crippen LogP contribution >= 0.6 is 0 Å². The molecule has 28 heavy (non-hydrogen) atoms. The van der Waals surface area contributed by atoms with Gasteiger partial charge >= 0.3 is 5.97 Å². The van der Waals surface area contributed by atoms with E-state index in [1.807, 2.05) is 13.8 Å². The van der Waals surface area contributed by atoms with Gasteiger partial charge in [-0.15, -0.1) is 0 Å². The molecule has 0 amide bonds. The highest BCUT2D eigenvalue weighted by molar-refractivity contribution is 6.03. The lowest BCUT2D eigenvalue weighted by Gasteiger charge is -2.42. The summed E-state index contributed by atoms with van der Waals surface area (Å²) in [5.41, 5.74) is -0.888. The summed E-state index contributed by atoms with van der Waals surface area (Å²) in [6.45, 7) is 6.57. The van der Waals surface area contributed by atoms with Gasteiger partial charge in [-0.1, -0.05) is 33.1 Å². The van der Waals surface area contributed by atoms with Crippen molar-refractivity contribution in [2.24, 2.45) is 35.0 Å². The summed E-state index contributed by atoms with van der Waals surface area (Å²) >= 11 is 0. The highest BCUT2D eigenvalue weighted by Crippen LogP contribution is 2.47. The van der Waals surface area contributed by atoms with Crippen molar-refractivity contribution in [3.8, 4) is 0 Å². The van der Waals surface area contributed by atoms with E-state index < -0.39 is 5.41 Å².